The Labute approximate surface area is 143 Å². The lowest BCUT2D eigenvalue weighted by Crippen LogP contribution is -2.29. The number of primary sulfonamides is 1. The number of benzene rings is 2. The summed E-state index contributed by atoms with van der Waals surface area (Å²) in [7, 11) is -3.74. The topological polar surface area (TPSA) is 80.4 Å². The number of hydrogen-bond acceptors (Lipinski definition) is 3. The average Bonchev–Trinajstić information content (AvgIpc) is 2.54. The minimum absolute atomic E-state index is 0.148. The first-order chi connectivity index (χ1) is 11.3. The van der Waals surface area contributed by atoms with Crippen molar-refractivity contribution in [2.45, 2.75) is 49.0 Å². The highest BCUT2D eigenvalue weighted by Gasteiger charge is 2.31. The van der Waals surface area contributed by atoms with Crippen LogP contribution in [0.25, 0.3) is 11.1 Å². The van der Waals surface area contributed by atoms with E-state index in [1.165, 1.54) is 0 Å². The molecule has 0 amide bonds. The van der Waals surface area contributed by atoms with Gasteiger partial charge in [0.1, 0.15) is 0 Å². The maximum atomic E-state index is 11.8. The van der Waals surface area contributed by atoms with Gasteiger partial charge in [0.2, 0.25) is 10.0 Å². The van der Waals surface area contributed by atoms with Crippen molar-refractivity contribution in [2.24, 2.45) is 5.14 Å². The van der Waals surface area contributed by atoms with Gasteiger partial charge in [0.25, 0.3) is 0 Å². The second-order valence-electron chi connectivity index (χ2n) is 6.93. The van der Waals surface area contributed by atoms with Crippen LogP contribution in [0.15, 0.2) is 53.4 Å². The predicted octanol–water partition coefficient (Wildman–Crippen LogP) is 3.41. The van der Waals surface area contributed by atoms with Crippen LogP contribution in [-0.2, 0) is 10.0 Å². The van der Waals surface area contributed by atoms with E-state index in [9.17, 15) is 13.5 Å². The zero-order valence-corrected chi connectivity index (χ0v) is 14.6. The molecule has 24 heavy (non-hydrogen) atoms. The van der Waals surface area contributed by atoms with E-state index in [-0.39, 0.29) is 10.8 Å². The van der Waals surface area contributed by atoms with Crippen LogP contribution < -0.4 is 5.14 Å². The summed E-state index contributed by atoms with van der Waals surface area (Å²) >= 11 is 0. The van der Waals surface area contributed by atoms with E-state index >= 15 is 0 Å². The molecule has 5 heteroatoms. The molecule has 0 bridgehead atoms. The molecule has 0 aliphatic heterocycles. The van der Waals surface area contributed by atoms with Crippen molar-refractivity contribution in [3.8, 4) is 11.1 Å². The Hall–Kier alpha value is -1.69. The van der Waals surface area contributed by atoms with Gasteiger partial charge in [-0.25, -0.2) is 13.6 Å². The predicted molar refractivity (Wildman–Crippen MR) is 95.1 cm³/mol. The first-order valence-electron chi connectivity index (χ1n) is 8.21. The maximum absolute atomic E-state index is 11.8. The largest absolute Gasteiger partial charge is 0.390 e. The Morgan fingerprint density at radius 3 is 2.29 bits per heavy atom. The summed E-state index contributed by atoms with van der Waals surface area (Å²) in [5.74, 6) is 0.224. The van der Waals surface area contributed by atoms with E-state index in [1.807, 2.05) is 43.3 Å². The van der Waals surface area contributed by atoms with E-state index in [4.69, 9.17) is 5.14 Å². The van der Waals surface area contributed by atoms with Crippen LogP contribution in [0.2, 0.25) is 0 Å². The second-order valence-corrected chi connectivity index (χ2v) is 8.49. The van der Waals surface area contributed by atoms with Gasteiger partial charge in [0.05, 0.1) is 10.5 Å². The van der Waals surface area contributed by atoms with Crippen molar-refractivity contribution in [1.82, 2.24) is 0 Å². The molecule has 0 heterocycles. The smallest absolute Gasteiger partial charge is 0.238 e. The van der Waals surface area contributed by atoms with Crippen LogP contribution in [0.4, 0.5) is 0 Å². The molecule has 128 valence electrons. The summed E-state index contributed by atoms with van der Waals surface area (Å²) in [6.07, 6.45) is 3.10. The number of sulfonamides is 1. The Morgan fingerprint density at radius 2 is 1.71 bits per heavy atom. The molecule has 0 saturated heterocycles. The lowest BCUT2D eigenvalue weighted by atomic mass is 9.75. The number of nitrogens with two attached hydrogens (primary N) is 1. The van der Waals surface area contributed by atoms with Crippen molar-refractivity contribution < 1.29 is 13.5 Å². The zero-order chi connectivity index (χ0) is 17.4. The van der Waals surface area contributed by atoms with Crippen molar-refractivity contribution >= 4 is 10.0 Å². The van der Waals surface area contributed by atoms with E-state index in [0.29, 0.717) is 12.8 Å². The van der Waals surface area contributed by atoms with Crippen molar-refractivity contribution in [1.29, 1.82) is 0 Å². The third-order valence-corrected chi connectivity index (χ3v) is 5.85. The minimum Gasteiger partial charge on any atom is -0.390 e. The molecule has 1 fully saturated rings. The molecule has 1 saturated carbocycles. The maximum Gasteiger partial charge on any atom is 0.238 e. The molecule has 3 rings (SSSR count). The Balaban J connectivity index is 2.07. The Bertz CT molecular complexity index is 819. The summed E-state index contributed by atoms with van der Waals surface area (Å²) in [6.45, 7) is 1.86. The molecule has 0 unspecified atom stereocenters. The van der Waals surface area contributed by atoms with Crippen molar-refractivity contribution in [3.63, 3.8) is 0 Å². The molecular formula is C19H23NO3S. The SMILES string of the molecule is CC1(O)CCC(c2cc(S(N)(=O)=O)ccc2-c2ccccc2)CC1. The molecule has 0 atom stereocenters. The number of rotatable bonds is 3. The average molecular weight is 345 g/mol. The number of aliphatic hydroxyl groups is 1. The molecule has 0 spiro atoms. The number of hydrogen-bond donors (Lipinski definition) is 2. The summed E-state index contributed by atoms with van der Waals surface area (Å²) in [6, 6.07) is 15.1. The van der Waals surface area contributed by atoms with Crippen LogP contribution in [0.1, 0.15) is 44.1 Å². The highest BCUT2D eigenvalue weighted by Crippen LogP contribution is 2.41. The molecule has 0 radical (unpaired) electrons. The van der Waals surface area contributed by atoms with Crippen molar-refractivity contribution in [2.75, 3.05) is 0 Å². The lowest BCUT2D eigenvalue weighted by Gasteiger charge is -2.34. The Kier molecular flexibility index (Phi) is 4.51. The highest BCUT2D eigenvalue weighted by atomic mass is 32.2. The zero-order valence-electron chi connectivity index (χ0n) is 13.8. The molecular weight excluding hydrogens is 322 g/mol. The first-order valence-corrected chi connectivity index (χ1v) is 9.75. The van der Waals surface area contributed by atoms with Crippen molar-refractivity contribution in [3.05, 3.63) is 54.1 Å². The van der Waals surface area contributed by atoms with Gasteiger partial charge in [0.15, 0.2) is 0 Å². The van der Waals surface area contributed by atoms with Gasteiger partial charge in [-0.1, -0.05) is 36.4 Å². The van der Waals surface area contributed by atoms with Gasteiger partial charge in [-0.05, 0) is 67.3 Å². The van der Waals surface area contributed by atoms with Gasteiger partial charge in [-0.3, -0.25) is 0 Å². The molecule has 1 aliphatic carbocycles. The molecule has 2 aromatic rings. The molecule has 2 aromatic carbocycles. The Morgan fingerprint density at radius 1 is 1.08 bits per heavy atom. The normalized spacial score (nSPS) is 24.7. The van der Waals surface area contributed by atoms with Gasteiger partial charge in [-0.2, -0.15) is 0 Å². The summed E-state index contributed by atoms with van der Waals surface area (Å²) in [4.78, 5) is 0.148. The van der Waals surface area contributed by atoms with E-state index in [0.717, 1.165) is 29.5 Å². The van der Waals surface area contributed by atoms with Crippen LogP contribution in [-0.4, -0.2) is 19.1 Å². The molecule has 3 N–H and O–H groups in total. The van der Waals surface area contributed by atoms with Gasteiger partial charge in [0, 0.05) is 0 Å². The van der Waals surface area contributed by atoms with Crippen LogP contribution in [0, 0.1) is 0 Å². The summed E-state index contributed by atoms with van der Waals surface area (Å²) < 4.78 is 23.5. The molecule has 4 nitrogen and oxygen atoms in total. The van der Waals surface area contributed by atoms with Crippen LogP contribution in [0.3, 0.4) is 0 Å². The first kappa shape index (κ1) is 17.1. The quantitative estimate of drug-likeness (QED) is 0.894. The third kappa shape index (κ3) is 3.69. The van der Waals surface area contributed by atoms with E-state index in [1.54, 1.807) is 12.1 Å². The van der Waals surface area contributed by atoms with Gasteiger partial charge in [-0.15, -0.1) is 0 Å². The van der Waals surface area contributed by atoms with Crippen LogP contribution >= 0.6 is 0 Å². The fourth-order valence-electron chi connectivity index (χ4n) is 3.49. The monoisotopic (exact) mass is 345 g/mol. The van der Waals surface area contributed by atoms with Crippen LogP contribution in [0.5, 0.6) is 0 Å². The third-order valence-electron chi connectivity index (χ3n) is 4.94. The second kappa shape index (κ2) is 6.31. The standard InChI is InChI=1S/C19H23NO3S/c1-19(21)11-9-15(10-12-19)18-13-16(24(20,22)23)7-8-17(18)14-5-3-2-4-6-14/h2-8,13,15,21H,9-12H2,1H3,(H2,20,22,23). The summed E-state index contributed by atoms with van der Waals surface area (Å²) in [5.41, 5.74) is 2.48. The highest BCUT2D eigenvalue weighted by molar-refractivity contribution is 7.89. The fraction of sp³-hybridized carbons (Fsp3) is 0.368. The van der Waals surface area contributed by atoms with E-state index in [2.05, 4.69) is 0 Å². The van der Waals surface area contributed by atoms with Gasteiger partial charge >= 0.3 is 0 Å². The van der Waals surface area contributed by atoms with Gasteiger partial charge < -0.3 is 5.11 Å². The molecule has 0 aromatic heterocycles. The molecule has 1 aliphatic rings. The summed E-state index contributed by atoms with van der Waals surface area (Å²) in [5, 5.41) is 15.5. The lowest BCUT2D eigenvalue weighted by molar-refractivity contribution is 0.0172. The fourth-order valence-corrected chi connectivity index (χ4v) is 4.04. The minimum atomic E-state index is -3.74. The van der Waals surface area contributed by atoms with E-state index < -0.39 is 15.6 Å².